The smallest absolute Gasteiger partial charge is 0.258 e. The van der Waals surface area contributed by atoms with Gasteiger partial charge in [0.25, 0.3) is 5.56 Å². The molecule has 0 radical (unpaired) electrons. The van der Waals surface area contributed by atoms with Crippen molar-refractivity contribution in [2.24, 2.45) is 5.41 Å². The molecule has 0 aliphatic heterocycles. The second-order valence-corrected chi connectivity index (χ2v) is 6.95. The van der Waals surface area contributed by atoms with Crippen LogP contribution >= 0.6 is 0 Å². The molecule has 5 heteroatoms. The van der Waals surface area contributed by atoms with Gasteiger partial charge in [0, 0.05) is 36.9 Å². The lowest BCUT2D eigenvalue weighted by molar-refractivity contribution is -0.146. The van der Waals surface area contributed by atoms with Gasteiger partial charge >= 0.3 is 0 Å². The van der Waals surface area contributed by atoms with Gasteiger partial charge in [-0.1, -0.05) is 19.9 Å². The van der Waals surface area contributed by atoms with E-state index in [1.54, 1.807) is 16.7 Å². The average Bonchev–Trinajstić information content (AvgIpc) is 2.51. The minimum absolute atomic E-state index is 0.0286. The number of hydrogen-bond donors (Lipinski definition) is 0. The van der Waals surface area contributed by atoms with Crippen molar-refractivity contribution in [1.29, 1.82) is 0 Å². The fourth-order valence-electron chi connectivity index (χ4n) is 3.65. The molecule has 0 spiro atoms. The predicted octanol–water partition coefficient (Wildman–Crippen LogP) is 2.33. The quantitative estimate of drug-likeness (QED) is 0.849. The van der Waals surface area contributed by atoms with Gasteiger partial charge in [0.15, 0.2) is 0 Å². The van der Waals surface area contributed by atoms with Gasteiger partial charge in [-0.05, 0) is 32.5 Å². The Morgan fingerprint density at radius 3 is 2.91 bits per heavy atom. The molecule has 1 saturated carbocycles. The van der Waals surface area contributed by atoms with E-state index in [1.165, 1.54) is 0 Å². The van der Waals surface area contributed by atoms with Crippen molar-refractivity contribution < 1.29 is 4.74 Å². The van der Waals surface area contributed by atoms with Crippen LogP contribution in [0, 0.1) is 5.41 Å². The topological polar surface area (TPSA) is 46.8 Å². The summed E-state index contributed by atoms with van der Waals surface area (Å²) in [4.78, 5) is 19.1. The molecule has 0 N–H and O–H groups in total. The van der Waals surface area contributed by atoms with Gasteiger partial charge in [-0.25, -0.2) is 4.98 Å². The molecular formula is C18H25N3O2. The van der Waals surface area contributed by atoms with E-state index >= 15 is 0 Å². The third-order valence-corrected chi connectivity index (χ3v) is 5.06. The van der Waals surface area contributed by atoms with Crippen LogP contribution in [0.25, 0.3) is 5.65 Å². The van der Waals surface area contributed by atoms with E-state index in [9.17, 15) is 4.79 Å². The van der Waals surface area contributed by atoms with Crippen molar-refractivity contribution in [3.63, 3.8) is 0 Å². The Labute approximate surface area is 136 Å². The summed E-state index contributed by atoms with van der Waals surface area (Å²) in [5.41, 5.74) is 1.61. The highest BCUT2D eigenvalue weighted by Crippen LogP contribution is 2.45. The van der Waals surface area contributed by atoms with E-state index < -0.39 is 0 Å². The van der Waals surface area contributed by atoms with Gasteiger partial charge in [-0.2, -0.15) is 0 Å². The Morgan fingerprint density at radius 1 is 1.43 bits per heavy atom. The number of hydrogen-bond acceptors (Lipinski definition) is 4. The van der Waals surface area contributed by atoms with Crippen LogP contribution in [0.5, 0.6) is 0 Å². The SMILES string of the molecule is CCO[C@H]1C[C@H](N(C)Cc2cc(=O)n3ccccc3n2)C1(C)C. The molecule has 1 aliphatic rings. The number of rotatable bonds is 5. The monoisotopic (exact) mass is 315 g/mol. The third kappa shape index (κ3) is 2.91. The van der Waals surface area contributed by atoms with Gasteiger partial charge in [-0.15, -0.1) is 0 Å². The van der Waals surface area contributed by atoms with Crippen molar-refractivity contribution in [3.8, 4) is 0 Å². The van der Waals surface area contributed by atoms with Crippen LogP contribution < -0.4 is 5.56 Å². The van der Waals surface area contributed by atoms with Gasteiger partial charge < -0.3 is 4.74 Å². The maximum atomic E-state index is 12.2. The molecule has 124 valence electrons. The molecule has 2 aromatic heterocycles. The summed E-state index contributed by atoms with van der Waals surface area (Å²) < 4.78 is 7.38. The first-order chi connectivity index (χ1) is 10.9. The summed E-state index contributed by atoms with van der Waals surface area (Å²) in [6.45, 7) is 7.97. The summed E-state index contributed by atoms with van der Waals surface area (Å²) >= 11 is 0. The Morgan fingerprint density at radius 2 is 2.22 bits per heavy atom. The van der Waals surface area contributed by atoms with Crippen molar-refractivity contribution in [3.05, 3.63) is 46.5 Å². The molecule has 1 aliphatic carbocycles. The van der Waals surface area contributed by atoms with Crippen molar-refractivity contribution in [2.45, 2.75) is 45.9 Å². The number of ether oxygens (including phenoxy) is 1. The highest BCUT2D eigenvalue weighted by atomic mass is 16.5. The number of pyridine rings is 1. The number of nitrogens with zero attached hydrogens (tertiary/aromatic N) is 3. The first-order valence-electron chi connectivity index (χ1n) is 8.22. The molecular weight excluding hydrogens is 290 g/mol. The molecule has 2 heterocycles. The van der Waals surface area contributed by atoms with E-state index in [0.29, 0.717) is 24.3 Å². The lowest BCUT2D eigenvalue weighted by atomic mass is 9.64. The molecule has 5 nitrogen and oxygen atoms in total. The van der Waals surface area contributed by atoms with Gasteiger partial charge in [0.1, 0.15) is 5.65 Å². The number of aromatic nitrogens is 2. The Kier molecular flexibility index (Phi) is 4.25. The Hall–Kier alpha value is -1.72. The summed E-state index contributed by atoms with van der Waals surface area (Å²) in [5.74, 6) is 0. The standard InChI is InChI=1S/C18H25N3O2/c1-5-23-15-11-14(18(15,2)3)20(4)12-13-10-17(22)21-9-7-6-8-16(21)19-13/h6-10,14-15H,5,11-12H2,1-4H3/t14-,15-/m0/s1. The zero-order valence-corrected chi connectivity index (χ0v) is 14.3. The lowest BCUT2D eigenvalue weighted by Gasteiger charge is -2.55. The van der Waals surface area contributed by atoms with Gasteiger partial charge in [-0.3, -0.25) is 14.1 Å². The van der Waals surface area contributed by atoms with Crippen LogP contribution in [0.15, 0.2) is 35.3 Å². The first-order valence-corrected chi connectivity index (χ1v) is 8.22. The molecule has 0 unspecified atom stereocenters. The highest BCUT2D eigenvalue weighted by Gasteiger charge is 2.50. The third-order valence-electron chi connectivity index (χ3n) is 5.06. The maximum absolute atomic E-state index is 12.2. The molecule has 0 aromatic carbocycles. The van der Waals surface area contributed by atoms with E-state index in [2.05, 4.69) is 30.8 Å². The van der Waals surface area contributed by atoms with Crippen LogP contribution in [0.1, 0.15) is 32.9 Å². The maximum Gasteiger partial charge on any atom is 0.258 e. The van der Waals surface area contributed by atoms with Crippen LogP contribution in [-0.4, -0.2) is 40.1 Å². The molecule has 0 amide bonds. The molecule has 1 fully saturated rings. The van der Waals surface area contributed by atoms with Crippen LogP contribution in [0.3, 0.4) is 0 Å². The van der Waals surface area contributed by atoms with Crippen molar-refractivity contribution in [2.75, 3.05) is 13.7 Å². The molecule has 3 rings (SSSR count). The van der Waals surface area contributed by atoms with Gasteiger partial charge in [0.05, 0.1) is 11.8 Å². The molecule has 2 atom stereocenters. The molecule has 0 bridgehead atoms. The normalized spacial score (nSPS) is 23.2. The zero-order chi connectivity index (χ0) is 16.6. The van der Waals surface area contributed by atoms with E-state index in [-0.39, 0.29) is 11.0 Å². The average molecular weight is 315 g/mol. The minimum atomic E-state index is -0.0286. The highest BCUT2D eigenvalue weighted by molar-refractivity contribution is 5.38. The zero-order valence-electron chi connectivity index (χ0n) is 14.3. The van der Waals surface area contributed by atoms with E-state index in [0.717, 1.165) is 18.7 Å². The summed E-state index contributed by atoms with van der Waals surface area (Å²) in [6, 6.07) is 7.68. The molecule has 0 saturated heterocycles. The van der Waals surface area contributed by atoms with Crippen LogP contribution in [0.2, 0.25) is 0 Å². The van der Waals surface area contributed by atoms with E-state index in [4.69, 9.17) is 4.74 Å². The van der Waals surface area contributed by atoms with Crippen LogP contribution in [-0.2, 0) is 11.3 Å². The Balaban J connectivity index is 1.76. The Bertz CT molecular complexity index is 753. The fraction of sp³-hybridized carbons (Fsp3) is 0.556. The van der Waals surface area contributed by atoms with Crippen LogP contribution in [0.4, 0.5) is 0 Å². The second-order valence-electron chi connectivity index (χ2n) is 6.95. The minimum Gasteiger partial charge on any atom is -0.378 e. The summed E-state index contributed by atoms with van der Waals surface area (Å²) in [6.07, 6.45) is 3.10. The molecule has 23 heavy (non-hydrogen) atoms. The first kappa shape index (κ1) is 16.1. The molecule has 2 aromatic rings. The largest absolute Gasteiger partial charge is 0.378 e. The van der Waals surface area contributed by atoms with Gasteiger partial charge in [0.2, 0.25) is 0 Å². The van der Waals surface area contributed by atoms with Crippen molar-refractivity contribution in [1.82, 2.24) is 14.3 Å². The van der Waals surface area contributed by atoms with E-state index in [1.807, 2.05) is 25.1 Å². The number of fused-ring (bicyclic) bond motifs is 1. The summed E-state index contributed by atoms with van der Waals surface area (Å²) in [5, 5.41) is 0. The second kappa shape index (κ2) is 6.06. The predicted molar refractivity (Wildman–Crippen MR) is 90.5 cm³/mol. The lowest BCUT2D eigenvalue weighted by Crippen LogP contribution is -2.61. The fourth-order valence-corrected chi connectivity index (χ4v) is 3.65. The van der Waals surface area contributed by atoms with Crippen molar-refractivity contribution >= 4 is 5.65 Å². The summed E-state index contributed by atoms with van der Waals surface area (Å²) in [7, 11) is 2.10.